The second kappa shape index (κ2) is 6.62. The Balaban J connectivity index is 0.00000144. The first-order valence-electron chi connectivity index (χ1n) is 3.85. The molecule has 2 nitrogen and oxygen atoms in total. The van der Waals surface area contributed by atoms with Crippen LogP contribution in [0.4, 0.5) is 0 Å². The first-order valence-corrected chi connectivity index (χ1v) is 5.05. The third kappa shape index (κ3) is 4.29. The summed E-state index contributed by atoms with van der Waals surface area (Å²) in [5.74, 6) is 0. The van der Waals surface area contributed by atoms with Gasteiger partial charge in [0, 0.05) is 17.5 Å². The molecule has 0 bridgehead atoms. The highest BCUT2D eigenvalue weighted by Gasteiger charge is 2.07. The highest BCUT2D eigenvalue weighted by atomic mass is 35.5. The number of hydrogen-bond acceptors (Lipinski definition) is 3. The van der Waals surface area contributed by atoms with Crippen LogP contribution in [-0.4, -0.2) is 11.7 Å². The topological polar surface area (TPSA) is 46.2 Å². The molecule has 13 heavy (non-hydrogen) atoms. The van der Waals surface area contributed by atoms with Gasteiger partial charge in [0.15, 0.2) is 0 Å². The van der Waals surface area contributed by atoms with Crippen LogP contribution in [0.25, 0.3) is 0 Å². The molecule has 0 saturated heterocycles. The van der Waals surface area contributed by atoms with Gasteiger partial charge in [-0.15, -0.1) is 23.7 Å². The zero-order chi connectivity index (χ0) is 8.97. The Morgan fingerprint density at radius 1 is 1.54 bits per heavy atom. The zero-order valence-electron chi connectivity index (χ0n) is 7.07. The lowest BCUT2D eigenvalue weighted by Crippen LogP contribution is -2.08. The van der Waals surface area contributed by atoms with Gasteiger partial charge >= 0.3 is 0 Å². The van der Waals surface area contributed by atoms with Crippen molar-refractivity contribution >= 4 is 35.3 Å². The van der Waals surface area contributed by atoms with Crippen LogP contribution in [0.1, 0.15) is 23.8 Å². The fourth-order valence-electron chi connectivity index (χ4n) is 0.981. The minimum atomic E-state index is 0. The quantitative estimate of drug-likeness (QED) is 0.852. The molecule has 1 rings (SSSR count). The number of aliphatic hydroxyl groups excluding tert-OH is 1. The highest BCUT2D eigenvalue weighted by Crippen LogP contribution is 2.27. The van der Waals surface area contributed by atoms with E-state index in [-0.39, 0.29) is 25.1 Å². The summed E-state index contributed by atoms with van der Waals surface area (Å²) in [6.07, 6.45) is 1.56. The predicted octanol–water partition coefficient (Wildman–Crippen LogP) is 2.60. The van der Waals surface area contributed by atoms with Crippen LogP contribution in [0.2, 0.25) is 4.34 Å². The molecule has 3 N–H and O–H groups in total. The lowest BCUT2D eigenvalue weighted by Gasteiger charge is -2.06. The summed E-state index contributed by atoms with van der Waals surface area (Å²) in [7, 11) is 0. The summed E-state index contributed by atoms with van der Waals surface area (Å²) < 4.78 is 0.768. The minimum Gasteiger partial charge on any atom is -0.396 e. The van der Waals surface area contributed by atoms with E-state index < -0.39 is 0 Å². The molecule has 5 heteroatoms. The van der Waals surface area contributed by atoms with Gasteiger partial charge in [-0.3, -0.25) is 0 Å². The molecular weight excluding hydrogens is 229 g/mol. The molecule has 0 saturated carbocycles. The van der Waals surface area contributed by atoms with Gasteiger partial charge in [-0.25, -0.2) is 0 Å². The molecule has 0 spiro atoms. The maximum absolute atomic E-state index is 8.59. The van der Waals surface area contributed by atoms with Crippen molar-refractivity contribution in [3.63, 3.8) is 0 Å². The van der Waals surface area contributed by atoms with Gasteiger partial charge in [0.2, 0.25) is 0 Å². The molecule has 0 fully saturated rings. The SMILES string of the molecule is Cl.N[C@@H](CCCO)c1ccc(Cl)s1. The summed E-state index contributed by atoms with van der Waals surface area (Å²) in [5.41, 5.74) is 5.84. The van der Waals surface area contributed by atoms with Crippen molar-refractivity contribution in [3.8, 4) is 0 Å². The van der Waals surface area contributed by atoms with Gasteiger partial charge in [0.1, 0.15) is 0 Å². The average Bonchev–Trinajstić information content (AvgIpc) is 2.47. The molecule has 0 aliphatic heterocycles. The Labute approximate surface area is 93.1 Å². The van der Waals surface area contributed by atoms with E-state index in [0.717, 1.165) is 22.1 Å². The average molecular weight is 242 g/mol. The Hall–Kier alpha value is 0.200. The molecule has 0 aliphatic rings. The van der Waals surface area contributed by atoms with Crippen molar-refractivity contribution in [2.45, 2.75) is 18.9 Å². The Kier molecular flexibility index (Phi) is 6.73. The molecule has 1 atom stereocenters. The number of aliphatic hydroxyl groups is 1. The Morgan fingerprint density at radius 3 is 2.69 bits per heavy atom. The first-order chi connectivity index (χ1) is 5.74. The standard InChI is InChI=1S/C8H12ClNOS.ClH/c9-8-4-3-7(12-8)6(10)2-1-5-11;/h3-4,6,11H,1-2,5,10H2;1H/t6-;/m0./s1. The largest absolute Gasteiger partial charge is 0.396 e. The van der Waals surface area contributed by atoms with E-state index in [9.17, 15) is 0 Å². The molecule has 1 aromatic rings. The first kappa shape index (κ1) is 13.2. The van der Waals surface area contributed by atoms with Gasteiger partial charge in [-0.05, 0) is 25.0 Å². The fourth-order valence-corrected chi connectivity index (χ4v) is 2.08. The number of thiophene rings is 1. The van der Waals surface area contributed by atoms with Gasteiger partial charge in [0.25, 0.3) is 0 Å². The number of hydrogen-bond donors (Lipinski definition) is 2. The molecule has 0 aromatic carbocycles. The maximum Gasteiger partial charge on any atom is 0.0931 e. The summed E-state index contributed by atoms with van der Waals surface area (Å²) in [6.45, 7) is 0.201. The van der Waals surface area contributed by atoms with Crippen molar-refractivity contribution in [2.24, 2.45) is 5.73 Å². The van der Waals surface area contributed by atoms with Crippen LogP contribution in [0, 0.1) is 0 Å². The van der Waals surface area contributed by atoms with E-state index in [1.165, 1.54) is 11.3 Å². The molecular formula is C8H13Cl2NOS. The van der Waals surface area contributed by atoms with E-state index in [4.69, 9.17) is 22.4 Å². The number of rotatable bonds is 4. The van der Waals surface area contributed by atoms with Crippen molar-refractivity contribution in [1.29, 1.82) is 0 Å². The van der Waals surface area contributed by atoms with Crippen LogP contribution in [0.15, 0.2) is 12.1 Å². The van der Waals surface area contributed by atoms with Gasteiger partial charge < -0.3 is 10.8 Å². The van der Waals surface area contributed by atoms with Crippen LogP contribution in [0.3, 0.4) is 0 Å². The van der Waals surface area contributed by atoms with Crippen LogP contribution in [0.5, 0.6) is 0 Å². The van der Waals surface area contributed by atoms with Crippen LogP contribution in [-0.2, 0) is 0 Å². The molecule has 0 amide bonds. The Bertz CT molecular complexity index is 242. The van der Waals surface area contributed by atoms with E-state index in [1.807, 2.05) is 12.1 Å². The zero-order valence-corrected chi connectivity index (χ0v) is 9.46. The summed E-state index contributed by atoms with van der Waals surface area (Å²) in [6, 6.07) is 3.81. The smallest absolute Gasteiger partial charge is 0.0931 e. The van der Waals surface area contributed by atoms with Gasteiger partial charge in [0.05, 0.1) is 4.34 Å². The third-order valence-corrected chi connectivity index (χ3v) is 3.00. The van der Waals surface area contributed by atoms with Crippen molar-refractivity contribution in [2.75, 3.05) is 6.61 Å². The highest BCUT2D eigenvalue weighted by molar-refractivity contribution is 7.16. The second-order valence-electron chi connectivity index (χ2n) is 2.61. The maximum atomic E-state index is 8.59. The normalized spacial score (nSPS) is 12.2. The monoisotopic (exact) mass is 241 g/mol. The lowest BCUT2D eigenvalue weighted by atomic mass is 10.1. The molecule has 76 valence electrons. The fraction of sp³-hybridized carbons (Fsp3) is 0.500. The molecule has 1 aromatic heterocycles. The van der Waals surface area contributed by atoms with E-state index in [0.29, 0.717) is 0 Å². The van der Waals surface area contributed by atoms with E-state index >= 15 is 0 Å². The van der Waals surface area contributed by atoms with Gasteiger partial charge in [-0.1, -0.05) is 11.6 Å². The van der Waals surface area contributed by atoms with Crippen molar-refractivity contribution < 1.29 is 5.11 Å². The van der Waals surface area contributed by atoms with Crippen molar-refractivity contribution in [1.82, 2.24) is 0 Å². The third-order valence-electron chi connectivity index (χ3n) is 1.63. The molecule has 1 heterocycles. The van der Waals surface area contributed by atoms with Crippen LogP contribution >= 0.6 is 35.3 Å². The molecule has 0 aliphatic carbocycles. The summed E-state index contributed by atoms with van der Waals surface area (Å²) in [4.78, 5) is 1.09. The van der Waals surface area contributed by atoms with E-state index in [2.05, 4.69) is 0 Å². The second-order valence-corrected chi connectivity index (χ2v) is 4.36. The Morgan fingerprint density at radius 2 is 2.23 bits per heavy atom. The number of nitrogens with two attached hydrogens (primary N) is 1. The van der Waals surface area contributed by atoms with Gasteiger partial charge in [-0.2, -0.15) is 0 Å². The van der Waals surface area contributed by atoms with E-state index in [1.54, 1.807) is 0 Å². The molecule has 0 unspecified atom stereocenters. The van der Waals surface area contributed by atoms with Crippen LogP contribution < -0.4 is 5.73 Å². The lowest BCUT2D eigenvalue weighted by molar-refractivity contribution is 0.280. The van der Waals surface area contributed by atoms with Crippen molar-refractivity contribution in [3.05, 3.63) is 21.3 Å². The predicted molar refractivity (Wildman–Crippen MR) is 59.8 cm³/mol. The molecule has 0 radical (unpaired) electrons. The minimum absolute atomic E-state index is 0. The summed E-state index contributed by atoms with van der Waals surface area (Å²) >= 11 is 7.26. The summed E-state index contributed by atoms with van der Waals surface area (Å²) in [5, 5.41) is 8.59. The number of halogens is 2.